The summed E-state index contributed by atoms with van der Waals surface area (Å²) in [5.41, 5.74) is -0.643. The normalized spacial score (nSPS) is 10.2. The lowest BCUT2D eigenvalue weighted by Crippen LogP contribution is -1.93. The fourth-order valence-electron chi connectivity index (χ4n) is 1.53. The van der Waals surface area contributed by atoms with Gasteiger partial charge in [0.25, 0.3) is 11.4 Å². The van der Waals surface area contributed by atoms with Crippen molar-refractivity contribution < 1.29 is 14.6 Å². The van der Waals surface area contributed by atoms with Gasteiger partial charge in [0, 0.05) is 0 Å². The summed E-state index contributed by atoms with van der Waals surface area (Å²) in [5.74, 6) is 0.255. The third kappa shape index (κ3) is 3.39. The van der Waals surface area contributed by atoms with Crippen molar-refractivity contribution in [3.05, 3.63) is 66.7 Å². The molecule has 0 radical (unpaired) electrons. The number of nitro benzene ring substituents is 2. The van der Waals surface area contributed by atoms with E-state index in [0.29, 0.717) is 0 Å². The predicted molar refractivity (Wildman–Crippen MR) is 76.3 cm³/mol. The molecule has 2 rings (SSSR count). The SMILES string of the molecule is O=[N+]([O-])c1cc(Oc2ccc(Cl)c([N+](=O)[O-])c2)ccc1Cl. The van der Waals surface area contributed by atoms with Gasteiger partial charge in [0.1, 0.15) is 21.5 Å². The fraction of sp³-hybridized carbons (Fsp3) is 0. The van der Waals surface area contributed by atoms with Gasteiger partial charge in [0.2, 0.25) is 0 Å². The maximum absolute atomic E-state index is 10.8. The highest BCUT2D eigenvalue weighted by Gasteiger charge is 2.16. The summed E-state index contributed by atoms with van der Waals surface area (Å²) >= 11 is 11.4. The number of hydrogen-bond donors (Lipinski definition) is 0. The Morgan fingerprint density at radius 3 is 1.52 bits per heavy atom. The van der Waals surface area contributed by atoms with Crippen molar-refractivity contribution in [2.75, 3.05) is 0 Å². The first-order chi connectivity index (χ1) is 9.88. The molecule has 0 aliphatic carbocycles. The highest BCUT2D eigenvalue weighted by molar-refractivity contribution is 6.33. The predicted octanol–water partition coefficient (Wildman–Crippen LogP) is 4.60. The number of benzene rings is 2. The van der Waals surface area contributed by atoms with Crippen molar-refractivity contribution in [3.8, 4) is 11.5 Å². The van der Waals surface area contributed by atoms with E-state index in [1.807, 2.05) is 0 Å². The van der Waals surface area contributed by atoms with Crippen LogP contribution in [0.3, 0.4) is 0 Å². The lowest BCUT2D eigenvalue weighted by Gasteiger charge is -2.06. The van der Waals surface area contributed by atoms with Crippen LogP contribution in [0.5, 0.6) is 11.5 Å². The number of hydrogen-bond acceptors (Lipinski definition) is 5. The zero-order valence-corrected chi connectivity index (χ0v) is 11.7. The van der Waals surface area contributed by atoms with Crippen LogP contribution in [0.2, 0.25) is 10.0 Å². The van der Waals surface area contributed by atoms with E-state index in [1.165, 1.54) is 24.3 Å². The van der Waals surface area contributed by atoms with E-state index < -0.39 is 9.85 Å². The topological polar surface area (TPSA) is 95.5 Å². The summed E-state index contributed by atoms with van der Waals surface area (Å²) in [6, 6.07) is 7.69. The first-order valence-electron chi connectivity index (χ1n) is 5.44. The van der Waals surface area contributed by atoms with Crippen LogP contribution in [0.1, 0.15) is 0 Å². The molecule has 0 bridgehead atoms. The molecule has 0 spiro atoms. The molecule has 0 heterocycles. The highest BCUT2D eigenvalue weighted by Crippen LogP contribution is 2.34. The van der Waals surface area contributed by atoms with Crippen molar-refractivity contribution in [2.45, 2.75) is 0 Å². The molecule has 2 aromatic rings. The van der Waals surface area contributed by atoms with Gasteiger partial charge in [-0.2, -0.15) is 0 Å². The first-order valence-corrected chi connectivity index (χ1v) is 6.20. The molecular weight excluding hydrogens is 323 g/mol. The summed E-state index contributed by atoms with van der Waals surface area (Å²) in [7, 11) is 0. The van der Waals surface area contributed by atoms with Crippen LogP contribution in [0.4, 0.5) is 11.4 Å². The van der Waals surface area contributed by atoms with Gasteiger partial charge in [-0.3, -0.25) is 20.2 Å². The molecule has 21 heavy (non-hydrogen) atoms. The van der Waals surface area contributed by atoms with Gasteiger partial charge in [0.05, 0.1) is 22.0 Å². The molecule has 108 valence electrons. The summed E-state index contributed by atoms with van der Waals surface area (Å²) in [6.07, 6.45) is 0. The Balaban J connectivity index is 2.34. The maximum Gasteiger partial charge on any atom is 0.291 e. The second kappa shape index (κ2) is 5.94. The quantitative estimate of drug-likeness (QED) is 0.603. The van der Waals surface area contributed by atoms with Crippen molar-refractivity contribution in [3.63, 3.8) is 0 Å². The largest absolute Gasteiger partial charge is 0.457 e. The van der Waals surface area contributed by atoms with Gasteiger partial charge in [-0.15, -0.1) is 0 Å². The van der Waals surface area contributed by atoms with Crippen molar-refractivity contribution >= 4 is 34.6 Å². The summed E-state index contributed by atoms with van der Waals surface area (Å²) in [6.45, 7) is 0. The average Bonchev–Trinajstić information content (AvgIpc) is 2.42. The van der Waals surface area contributed by atoms with E-state index in [2.05, 4.69) is 0 Å². The number of halogens is 2. The van der Waals surface area contributed by atoms with E-state index in [4.69, 9.17) is 27.9 Å². The minimum Gasteiger partial charge on any atom is -0.457 e. The Hall–Kier alpha value is -2.38. The standard InChI is InChI=1S/C12H6Cl2N2O5/c13-9-3-1-7(5-11(9)15(17)18)21-8-2-4-10(14)12(6-8)16(19)20/h1-6H. The second-order valence-corrected chi connectivity index (χ2v) is 4.66. The Bertz CT molecular complexity index is 674. The van der Waals surface area contributed by atoms with E-state index in [0.717, 1.165) is 12.1 Å². The Labute approximate surface area is 128 Å². The monoisotopic (exact) mass is 328 g/mol. The van der Waals surface area contributed by atoms with Crippen LogP contribution in [-0.4, -0.2) is 9.85 Å². The average molecular weight is 329 g/mol. The van der Waals surface area contributed by atoms with E-state index in [1.54, 1.807) is 0 Å². The molecule has 0 fully saturated rings. The summed E-state index contributed by atoms with van der Waals surface area (Å²) in [4.78, 5) is 20.2. The van der Waals surface area contributed by atoms with Gasteiger partial charge in [0.15, 0.2) is 0 Å². The third-order valence-corrected chi connectivity index (χ3v) is 3.10. The lowest BCUT2D eigenvalue weighted by atomic mass is 10.3. The van der Waals surface area contributed by atoms with E-state index in [-0.39, 0.29) is 32.9 Å². The van der Waals surface area contributed by atoms with Crippen molar-refractivity contribution in [1.82, 2.24) is 0 Å². The van der Waals surface area contributed by atoms with Crippen LogP contribution in [-0.2, 0) is 0 Å². The minimum absolute atomic E-state index is 0.0329. The molecular formula is C12H6Cl2N2O5. The molecule has 0 saturated carbocycles. The first kappa shape index (κ1) is 15.0. The van der Waals surface area contributed by atoms with Crippen LogP contribution in [0.25, 0.3) is 0 Å². The fourth-order valence-corrected chi connectivity index (χ4v) is 1.90. The number of rotatable bonds is 4. The summed E-state index contributed by atoms with van der Waals surface area (Å²) in [5, 5.41) is 21.5. The van der Waals surface area contributed by atoms with Gasteiger partial charge >= 0.3 is 0 Å². The number of nitro groups is 2. The third-order valence-electron chi connectivity index (χ3n) is 2.46. The zero-order valence-electron chi connectivity index (χ0n) is 10.2. The van der Waals surface area contributed by atoms with Crippen molar-refractivity contribution in [1.29, 1.82) is 0 Å². The maximum atomic E-state index is 10.8. The molecule has 0 N–H and O–H groups in total. The van der Waals surface area contributed by atoms with Gasteiger partial charge in [-0.25, -0.2) is 0 Å². The smallest absolute Gasteiger partial charge is 0.291 e. The molecule has 2 aromatic carbocycles. The van der Waals surface area contributed by atoms with Crippen LogP contribution in [0.15, 0.2) is 36.4 Å². The van der Waals surface area contributed by atoms with Gasteiger partial charge < -0.3 is 4.74 Å². The number of ether oxygens (including phenoxy) is 1. The van der Waals surface area contributed by atoms with E-state index >= 15 is 0 Å². The molecule has 0 aromatic heterocycles. The molecule has 0 amide bonds. The van der Waals surface area contributed by atoms with Crippen molar-refractivity contribution in [2.24, 2.45) is 0 Å². The molecule has 0 saturated heterocycles. The Morgan fingerprint density at radius 1 is 0.810 bits per heavy atom. The van der Waals surface area contributed by atoms with Crippen LogP contribution in [0, 0.1) is 20.2 Å². The van der Waals surface area contributed by atoms with E-state index in [9.17, 15) is 20.2 Å². The molecule has 0 aliphatic rings. The molecule has 0 unspecified atom stereocenters. The minimum atomic E-state index is -0.653. The molecule has 0 aliphatic heterocycles. The highest BCUT2D eigenvalue weighted by atomic mass is 35.5. The molecule has 0 atom stereocenters. The Morgan fingerprint density at radius 2 is 1.19 bits per heavy atom. The Kier molecular flexibility index (Phi) is 4.25. The zero-order chi connectivity index (χ0) is 15.6. The molecule has 7 nitrogen and oxygen atoms in total. The van der Waals surface area contributed by atoms with Gasteiger partial charge in [-0.05, 0) is 24.3 Å². The van der Waals surface area contributed by atoms with Gasteiger partial charge in [-0.1, -0.05) is 23.2 Å². The second-order valence-electron chi connectivity index (χ2n) is 3.84. The number of nitrogens with zero attached hydrogens (tertiary/aromatic N) is 2. The van der Waals surface area contributed by atoms with Crippen LogP contribution < -0.4 is 4.74 Å². The lowest BCUT2D eigenvalue weighted by molar-refractivity contribution is -0.384. The van der Waals surface area contributed by atoms with Crippen LogP contribution >= 0.6 is 23.2 Å². The molecule has 9 heteroatoms. The summed E-state index contributed by atoms with van der Waals surface area (Å²) < 4.78 is 5.34.